The minimum absolute atomic E-state index is 0.580. The normalized spacial score (nSPS) is 17.6. The molecule has 1 N–H and O–H groups in total. The smallest absolute Gasteiger partial charge is 0.0480 e. The number of nitrogens with one attached hydrogen (secondary N) is 1. The van der Waals surface area contributed by atoms with Crippen molar-refractivity contribution in [3.63, 3.8) is 0 Å². The Balaban J connectivity index is 1.88. The highest BCUT2D eigenvalue weighted by Crippen LogP contribution is 2.21. The van der Waals surface area contributed by atoms with Crippen LogP contribution in [0.1, 0.15) is 18.4 Å². The minimum atomic E-state index is 0.580. The van der Waals surface area contributed by atoms with Gasteiger partial charge in [0.1, 0.15) is 0 Å². The van der Waals surface area contributed by atoms with Crippen LogP contribution in [0.2, 0.25) is 5.02 Å². The molecule has 0 spiro atoms. The van der Waals surface area contributed by atoms with Gasteiger partial charge in [0.25, 0.3) is 0 Å². The van der Waals surface area contributed by atoms with Crippen molar-refractivity contribution >= 4 is 27.5 Å². The fourth-order valence-corrected chi connectivity index (χ4v) is 2.64. The van der Waals surface area contributed by atoms with E-state index in [1.807, 2.05) is 12.1 Å². The molecule has 1 heterocycles. The summed E-state index contributed by atoms with van der Waals surface area (Å²) in [4.78, 5) is 0. The van der Waals surface area contributed by atoms with Crippen LogP contribution in [0, 0.1) is 0 Å². The maximum Gasteiger partial charge on any atom is 0.0480 e. The van der Waals surface area contributed by atoms with Crippen molar-refractivity contribution < 1.29 is 4.74 Å². The van der Waals surface area contributed by atoms with Crippen LogP contribution in [0.15, 0.2) is 22.7 Å². The molecular formula is C12H15BrClNO. The van der Waals surface area contributed by atoms with Gasteiger partial charge in [0.05, 0.1) is 0 Å². The van der Waals surface area contributed by atoms with E-state index in [9.17, 15) is 0 Å². The Hall–Kier alpha value is -0.0900. The highest BCUT2D eigenvalue weighted by atomic mass is 79.9. The minimum Gasteiger partial charge on any atom is -0.381 e. The lowest BCUT2D eigenvalue weighted by Gasteiger charge is -2.23. The molecule has 1 aromatic rings. The Morgan fingerprint density at radius 3 is 2.81 bits per heavy atom. The molecule has 1 fully saturated rings. The largest absolute Gasteiger partial charge is 0.381 e. The molecule has 0 aromatic heterocycles. The van der Waals surface area contributed by atoms with Crippen molar-refractivity contribution in [3.8, 4) is 0 Å². The van der Waals surface area contributed by atoms with Gasteiger partial charge in [0.15, 0.2) is 0 Å². The summed E-state index contributed by atoms with van der Waals surface area (Å²) >= 11 is 9.42. The van der Waals surface area contributed by atoms with E-state index < -0.39 is 0 Å². The van der Waals surface area contributed by atoms with Crippen LogP contribution in [0.4, 0.5) is 0 Å². The zero-order valence-electron chi connectivity index (χ0n) is 9.01. The standard InChI is InChI=1S/C12H15BrClNO/c13-12-7-10(14)2-1-9(12)8-15-11-3-5-16-6-4-11/h1-2,7,11,15H,3-6,8H2. The number of ether oxygens (including phenoxy) is 1. The van der Waals surface area contributed by atoms with Crippen molar-refractivity contribution in [1.29, 1.82) is 0 Å². The molecule has 2 nitrogen and oxygen atoms in total. The van der Waals surface area contributed by atoms with E-state index in [0.29, 0.717) is 6.04 Å². The van der Waals surface area contributed by atoms with Crippen molar-refractivity contribution in [2.24, 2.45) is 0 Å². The lowest BCUT2D eigenvalue weighted by molar-refractivity contribution is 0.0776. The summed E-state index contributed by atoms with van der Waals surface area (Å²) in [6.07, 6.45) is 2.20. The Morgan fingerprint density at radius 1 is 1.38 bits per heavy atom. The second-order valence-corrected chi connectivity index (χ2v) is 5.29. The van der Waals surface area contributed by atoms with Gasteiger partial charge in [-0.2, -0.15) is 0 Å². The zero-order chi connectivity index (χ0) is 11.4. The van der Waals surface area contributed by atoms with E-state index in [1.165, 1.54) is 5.56 Å². The van der Waals surface area contributed by atoms with E-state index in [0.717, 1.165) is 42.1 Å². The summed E-state index contributed by atoms with van der Waals surface area (Å²) in [5.41, 5.74) is 1.25. The molecule has 1 saturated heterocycles. The molecule has 0 amide bonds. The Morgan fingerprint density at radius 2 is 2.12 bits per heavy atom. The lowest BCUT2D eigenvalue weighted by Crippen LogP contribution is -2.34. The van der Waals surface area contributed by atoms with E-state index in [1.54, 1.807) is 0 Å². The van der Waals surface area contributed by atoms with Gasteiger partial charge in [-0.3, -0.25) is 0 Å². The maximum atomic E-state index is 5.90. The van der Waals surface area contributed by atoms with Crippen LogP contribution in [0.25, 0.3) is 0 Å². The fourth-order valence-electron chi connectivity index (χ4n) is 1.82. The van der Waals surface area contributed by atoms with E-state index in [-0.39, 0.29) is 0 Å². The van der Waals surface area contributed by atoms with E-state index >= 15 is 0 Å². The molecule has 0 radical (unpaired) electrons. The molecule has 0 aliphatic carbocycles. The quantitative estimate of drug-likeness (QED) is 0.924. The predicted octanol–water partition coefficient (Wildman–Crippen LogP) is 3.37. The summed E-state index contributed by atoms with van der Waals surface area (Å²) in [6, 6.07) is 6.49. The van der Waals surface area contributed by atoms with Gasteiger partial charge in [0.2, 0.25) is 0 Å². The van der Waals surface area contributed by atoms with E-state index in [2.05, 4.69) is 27.3 Å². The summed E-state index contributed by atoms with van der Waals surface area (Å²) < 4.78 is 6.39. The molecule has 1 aliphatic heterocycles. The van der Waals surface area contributed by atoms with Gasteiger partial charge in [-0.15, -0.1) is 0 Å². The average molecular weight is 305 g/mol. The third-order valence-electron chi connectivity index (χ3n) is 2.82. The SMILES string of the molecule is Clc1ccc(CNC2CCOCC2)c(Br)c1. The van der Waals surface area contributed by atoms with Crippen molar-refractivity contribution in [2.45, 2.75) is 25.4 Å². The Kier molecular flexibility index (Phi) is 4.65. The molecule has 2 rings (SSSR count). The highest BCUT2D eigenvalue weighted by Gasteiger charge is 2.13. The highest BCUT2D eigenvalue weighted by molar-refractivity contribution is 9.10. The monoisotopic (exact) mass is 303 g/mol. The second-order valence-electron chi connectivity index (χ2n) is 4.00. The number of halogens is 2. The molecule has 16 heavy (non-hydrogen) atoms. The predicted molar refractivity (Wildman–Crippen MR) is 69.8 cm³/mol. The van der Waals surface area contributed by atoms with Crippen molar-refractivity contribution in [3.05, 3.63) is 33.3 Å². The first-order valence-corrected chi connectivity index (χ1v) is 6.68. The Bertz CT molecular complexity index is 353. The van der Waals surface area contributed by atoms with Crippen LogP contribution >= 0.6 is 27.5 Å². The van der Waals surface area contributed by atoms with Crippen LogP contribution in [0.3, 0.4) is 0 Å². The molecule has 0 unspecified atom stereocenters. The topological polar surface area (TPSA) is 21.3 Å². The molecule has 1 aliphatic rings. The van der Waals surface area contributed by atoms with E-state index in [4.69, 9.17) is 16.3 Å². The summed E-state index contributed by atoms with van der Waals surface area (Å²) in [5, 5.41) is 4.31. The Labute approximate surface area is 109 Å². The zero-order valence-corrected chi connectivity index (χ0v) is 11.4. The third-order valence-corrected chi connectivity index (χ3v) is 3.79. The van der Waals surface area contributed by atoms with Gasteiger partial charge in [-0.1, -0.05) is 33.6 Å². The molecular weight excluding hydrogens is 289 g/mol. The molecule has 0 bridgehead atoms. The number of hydrogen-bond donors (Lipinski definition) is 1. The average Bonchev–Trinajstić information content (AvgIpc) is 2.29. The molecule has 0 atom stereocenters. The molecule has 1 aromatic carbocycles. The lowest BCUT2D eigenvalue weighted by atomic mass is 10.1. The number of hydrogen-bond acceptors (Lipinski definition) is 2. The summed E-state index contributed by atoms with van der Waals surface area (Å²) in [7, 11) is 0. The van der Waals surface area contributed by atoms with Gasteiger partial charge in [-0.25, -0.2) is 0 Å². The molecule has 4 heteroatoms. The van der Waals surface area contributed by atoms with Crippen molar-refractivity contribution in [2.75, 3.05) is 13.2 Å². The van der Waals surface area contributed by atoms with Crippen LogP contribution in [0.5, 0.6) is 0 Å². The third kappa shape index (κ3) is 3.45. The summed E-state index contributed by atoms with van der Waals surface area (Å²) in [5.74, 6) is 0. The van der Waals surface area contributed by atoms with Crippen LogP contribution in [-0.4, -0.2) is 19.3 Å². The first-order chi connectivity index (χ1) is 7.75. The van der Waals surface area contributed by atoms with Crippen LogP contribution in [-0.2, 0) is 11.3 Å². The number of benzene rings is 1. The summed E-state index contributed by atoms with van der Waals surface area (Å²) in [6.45, 7) is 2.63. The molecule has 0 saturated carbocycles. The van der Waals surface area contributed by atoms with Crippen LogP contribution < -0.4 is 5.32 Å². The van der Waals surface area contributed by atoms with Crippen molar-refractivity contribution in [1.82, 2.24) is 5.32 Å². The van der Waals surface area contributed by atoms with Gasteiger partial charge in [0, 0.05) is 35.3 Å². The first-order valence-electron chi connectivity index (χ1n) is 5.51. The fraction of sp³-hybridized carbons (Fsp3) is 0.500. The number of rotatable bonds is 3. The maximum absolute atomic E-state index is 5.90. The second kappa shape index (κ2) is 6.01. The van der Waals surface area contributed by atoms with Gasteiger partial charge >= 0.3 is 0 Å². The molecule has 88 valence electrons. The van der Waals surface area contributed by atoms with Gasteiger partial charge < -0.3 is 10.1 Å². The first kappa shape index (κ1) is 12.4. The van der Waals surface area contributed by atoms with Gasteiger partial charge in [-0.05, 0) is 30.5 Å².